The number of halogens is 1. The van der Waals surface area contributed by atoms with Crippen molar-refractivity contribution >= 4 is 21.7 Å². The fraction of sp³-hybridized carbons (Fsp3) is 0.350. The standard InChI is InChI=1S/C20H20FNO6S/c1-20-9-10-27-16(20)11-28-18-12(20)7-8-14(17(18)19(23)26-2)22-29(24,25)15-6-4-3-5-13(15)21/h3-8,16,22H,9-11H2,1-2H3/t16-,20+/m1/s1. The maximum atomic E-state index is 14.0. The maximum Gasteiger partial charge on any atom is 0.343 e. The first-order valence-corrected chi connectivity index (χ1v) is 10.5. The molecular weight excluding hydrogens is 401 g/mol. The molecule has 7 nitrogen and oxygen atoms in total. The Morgan fingerprint density at radius 2 is 2.03 bits per heavy atom. The molecule has 0 aromatic heterocycles. The van der Waals surface area contributed by atoms with Gasteiger partial charge in [-0.25, -0.2) is 17.6 Å². The van der Waals surface area contributed by atoms with E-state index in [2.05, 4.69) is 4.72 Å². The number of hydrogen-bond acceptors (Lipinski definition) is 6. The monoisotopic (exact) mass is 421 g/mol. The third-order valence-electron chi connectivity index (χ3n) is 5.56. The van der Waals surface area contributed by atoms with E-state index in [0.717, 1.165) is 24.1 Å². The summed E-state index contributed by atoms with van der Waals surface area (Å²) in [5.41, 5.74) is 0.302. The Bertz CT molecular complexity index is 1090. The number of anilines is 1. The lowest BCUT2D eigenvalue weighted by Crippen LogP contribution is -2.41. The Morgan fingerprint density at radius 3 is 2.76 bits per heavy atom. The second-order valence-corrected chi connectivity index (χ2v) is 8.88. The summed E-state index contributed by atoms with van der Waals surface area (Å²) >= 11 is 0. The van der Waals surface area contributed by atoms with Crippen LogP contribution >= 0.6 is 0 Å². The van der Waals surface area contributed by atoms with E-state index in [-0.39, 0.29) is 35.1 Å². The molecule has 0 radical (unpaired) electrons. The molecular formula is C20H20FNO6S. The van der Waals surface area contributed by atoms with E-state index in [1.807, 2.05) is 6.92 Å². The SMILES string of the molecule is COC(=O)c1c(NS(=O)(=O)c2ccccc2F)ccc2c1OC[C@H]1OCC[C@@]21C. The van der Waals surface area contributed by atoms with Crippen LogP contribution in [-0.4, -0.2) is 40.8 Å². The van der Waals surface area contributed by atoms with Gasteiger partial charge in [-0.1, -0.05) is 25.1 Å². The first-order chi connectivity index (χ1) is 13.8. The molecule has 0 aliphatic carbocycles. The van der Waals surface area contributed by atoms with Crippen LogP contribution in [0.1, 0.15) is 29.3 Å². The van der Waals surface area contributed by atoms with Crippen LogP contribution in [0.4, 0.5) is 10.1 Å². The molecule has 0 bridgehead atoms. The number of esters is 1. The van der Waals surface area contributed by atoms with Crippen LogP contribution in [0.2, 0.25) is 0 Å². The van der Waals surface area contributed by atoms with Crippen molar-refractivity contribution in [2.75, 3.05) is 25.0 Å². The van der Waals surface area contributed by atoms with Crippen molar-refractivity contribution in [2.45, 2.75) is 29.8 Å². The van der Waals surface area contributed by atoms with Crippen molar-refractivity contribution in [1.29, 1.82) is 0 Å². The van der Waals surface area contributed by atoms with Gasteiger partial charge in [-0.3, -0.25) is 4.72 Å². The molecule has 2 aromatic rings. The highest BCUT2D eigenvalue weighted by Gasteiger charge is 2.48. The van der Waals surface area contributed by atoms with Gasteiger partial charge in [0.2, 0.25) is 0 Å². The third kappa shape index (κ3) is 3.14. The molecule has 2 atom stereocenters. The molecule has 0 spiro atoms. The smallest absolute Gasteiger partial charge is 0.343 e. The molecule has 29 heavy (non-hydrogen) atoms. The number of nitrogens with one attached hydrogen (secondary N) is 1. The molecule has 2 aromatic carbocycles. The number of ether oxygens (including phenoxy) is 3. The highest BCUT2D eigenvalue weighted by Crippen LogP contribution is 2.48. The first-order valence-electron chi connectivity index (χ1n) is 9.05. The fourth-order valence-electron chi connectivity index (χ4n) is 3.89. The minimum absolute atomic E-state index is 0.0418. The summed E-state index contributed by atoms with van der Waals surface area (Å²) in [6.07, 6.45) is 0.594. The van der Waals surface area contributed by atoms with Crippen LogP contribution in [0.25, 0.3) is 0 Å². The lowest BCUT2D eigenvalue weighted by molar-refractivity contribution is 0.0268. The molecule has 0 saturated carbocycles. The van der Waals surface area contributed by atoms with Crippen LogP contribution in [0.3, 0.4) is 0 Å². The minimum Gasteiger partial charge on any atom is -0.490 e. The number of hydrogen-bond donors (Lipinski definition) is 1. The second-order valence-electron chi connectivity index (χ2n) is 7.23. The Labute approximate surface area is 167 Å². The predicted molar refractivity (Wildman–Crippen MR) is 102 cm³/mol. The number of benzene rings is 2. The summed E-state index contributed by atoms with van der Waals surface area (Å²) in [6.45, 7) is 2.83. The van der Waals surface area contributed by atoms with Gasteiger partial charge in [0.25, 0.3) is 10.0 Å². The van der Waals surface area contributed by atoms with Gasteiger partial charge in [0.15, 0.2) is 0 Å². The minimum atomic E-state index is -4.28. The first kappa shape index (κ1) is 19.7. The average molecular weight is 421 g/mol. The number of rotatable bonds is 4. The van der Waals surface area contributed by atoms with E-state index in [0.29, 0.717) is 6.61 Å². The van der Waals surface area contributed by atoms with Gasteiger partial charge < -0.3 is 14.2 Å². The number of methoxy groups -OCH3 is 1. The van der Waals surface area contributed by atoms with Gasteiger partial charge in [0.1, 0.15) is 34.7 Å². The largest absolute Gasteiger partial charge is 0.490 e. The molecule has 2 aliphatic heterocycles. The molecule has 1 saturated heterocycles. The maximum absolute atomic E-state index is 14.0. The second kappa shape index (κ2) is 7.00. The summed E-state index contributed by atoms with van der Waals surface area (Å²) in [4.78, 5) is 12.0. The van der Waals surface area contributed by atoms with Gasteiger partial charge in [-0.05, 0) is 24.6 Å². The van der Waals surface area contributed by atoms with Gasteiger partial charge >= 0.3 is 5.97 Å². The highest BCUT2D eigenvalue weighted by atomic mass is 32.2. The zero-order chi connectivity index (χ0) is 20.8. The predicted octanol–water partition coefficient (Wildman–Crippen LogP) is 2.85. The van der Waals surface area contributed by atoms with Crippen molar-refractivity contribution in [2.24, 2.45) is 0 Å². The van der Waals surface area contributed by atoms with E-state index in [4.69, 9.17) is 14.2 Å². The van der Waals surface area contributed by atoms with Crippen LogP contribution in [0.15, 0.2) is 41.3 Å². The Hall–Kier alpha value is -2.65. The van der Waals surface area contributed by atoms with Crippen LogP contribution in [0, 0.1) is 5.82 Å². The summed E-state index contributed by atoms with van der Waals surface area (Å²) in [5, 5.41) is 0. The molecule has 4 rings (SSSR count). The van der Waals surface area contributed by atoms with Gasteiger partial charge in [-0.2, -0.15) is 0 Å². The van der Waals surface area contributed by atoms with E-state index >= 15 is 0 Å². The molecule has 1 fully saturated rings. The number of fused-ring (bicyclic) bond motifs is 3. The van der Waals surface area contributed by atoms with Crippen molar-refractivity contribution < 1.29 is 31.8 Å². The molecule has 0 unspecified atom stereocenters. The molecule has 2 aliphatic rings. The van der Waals surface area contributed by atoms with Crippen molar-refractivity contribution in [3.05, 3.63) is 53.3 Å². The summed E-state index contributed by atoms with van der Waals surface area (Å²) < 4.78 is 58.2. The molecule has 9 heteroatoms. The van der Waals surface area contributed by atoms with Crippen LogP contribution in [-0.2, 0) is 24.9 Å². The Kier molecular flexibility index (Phi) is 4.74. The molecule has 0 amide bonds. The van der Waals surface area contributed by atoms with Gasteiger partial charge in [0.05, 0.1) is 12.8 Å². The zero-order valence-electron chi connectivity index (χ0n) is 15.9. The molecule has 2 heterocycles. The van der Waals surface area contributed by atoms with Crippen molar-refractivity contribution in [1.82, 2.24) is 0 Å². The fourth-order valence-corrected chi connectivity index (χ4v) is 5.04. The van der Waals surface area contributed by atoms with E-state index in [1.54, 1.807) is 6.07 Å². The normalized spacial score (nSPS) is 22.9. The van der Waals surface area contributed by atoms with Gasteiger partial charge in [0, 0.05) is 17.6 Å². The summed E-state index contributed by atoms with van der Waals surface area (Å²) in [5.74, 6) is -1.39. The van der Waals surface area contributed by atoms with E-state index in [9.17, 15) is 17.6 Å². The molecule has 1 N–H and O–H groups in total. The lowest BCUT2D eigenvalue weighted by Gasteiger charge is -2.37. The third-order valence-corrected chi connectivity index (χ3v) is 6.96. The quantitative estimate of drug-likeness (QED) is 0.764. The van der Waals surface area contributed by atoms with Gasteiger partial charge in [-0.15, -0.1) is 0 Å². The molecule has 154 valence electrons. The summed E-state index contributed by atoms with van der Waals surface area (Å²) in [6, 6.07) is 8.18. The lowest BCUT2D eigenvalue weighted by atomic mass is 9.74. The Balaban J connectivity index is 1.83. The zero-order valence-corrected chi connectivity index (χ0v) is 16.7. The van der Waals surface area contributed by atoms with Crippen LogP contribution in [0.5, 0.6) is 5.75 Å². The van der Waals surface area contributed by atoms with E-state index < -0.39 is 26.7 Å². The summed E-state index contributed by atoms with van der Waals surface area (Å²) in [7, 11) is -3.08. The van der Waals surface area contributed by atoms with Crippen molar-refractivity contribution in [3.63, 3.8) is 0 Å². The topological polar surface area (TPSA) is 90.9 Å². The number of carbonyl (C=O) groups excluding carboxylic acids is 1. The van der Waals surface area contributed by atoms with E-state index in [1.165, 1.54) is 25.3 Å². The van der Waals surface area contributed by atoms with Crippen molar-refractivity contribution in [3.8, 4) is 5.75 Å². The number of sulfonamides is 1. The average Bonchev–Trinajstić information content (AvgIpc) is 3.08. The Morgan fingerprint density at radius 1 is 1.28 bits per heavy atom. The van der Waals surface area contributed by atoms with Crippen LogP contribution < -0.4 is 9.46 Å². The highest BCUT2D eigenvalue weighted by molar-refractivity contribution is 7.92. The number of carbonyl (C=O) groups is 1.